The first kappa shape index (κ1) is 20.0. The molecule has 144 valence electrons. The van der Waals surface area contributed by atoms with Gasteiger partial charge in [0, 0.05) is 40.4 Å². The molecule has 7 heteroatoms. The van der Waals surface area contributed by atoms with E-state index in [1.807, 2.05) is 0 Å². The third-order valence-corrected chi connectivity index (χ3v) is 5.03. The fourth-order valence-corrected chi connectivity index (χ4v) is 3.53. The molecule has 0 unspecified atom stereocenters. The molecule has 0 aromatic rings. The highest BCUT2D eigenvalue weighted by Gasteiger charge is 2.24. The van der Waals surface area contributed by atoms with Crippen molar-refractivity contribution in [2.75, 3.05) is 53.6 Å². The van der Waals surface area contributed by atoms with Crippen LogP contribution in [0.2, 0.25) is 0 Å². The Morgan fingerprint density at radius 3 is 2.52 bits per heavy atom. The van der Waals surface area contributed by atoms with E-state index in [1.54, 1.807) is 14.2 Å². The fourth-order valence-electron chi connectivity index (χ4n) is 3.53. The molecule has 2 fully saturated rings. The normalized spacial score (nSPS) is 20.1. The number of carbonyl (C=O) groups excluding carboxylic acids is 1. The van der Waals surface area contributed by atoms with Gasteiger partial charge in [0.25, 0.3) is 0 Å². The van der Waals surface area contributed by atoms with Gasteiger partial charge in [-0.1, -0.05) is 12.8 Å². The van der Waals surface area contributed by atoms with Gasteiger partial charge in [-0.15, -0.1) is 0 Å². The monoisotopic (exact) mass is 354 g/mol. The molecule has 1 saturated carbocycles. The zero-order chi connectivity index (χ0) is 17.9. The van der Waals surface area contributed by atoms with Crippen LogP contribution in [-0.2, 0) is 14.3 Å². The molecule has 0 aromatic carbocycles. The van der Waals surface area contributed by atoms with Crippen LogP contribution in [-0.4, -0.2) is 76.4 Å². The number of amides is 1. The van der Waals surface area contributed by atoms with E-state index in [2.05, 4.69) is 20.5 Å². The number of hydrogen-bond acceptors (Lipinski definition) is 4. The van der Waals surface area contributed by atoms with Crippen molar-refractivity contribution in [1.82, 2.24) is 15.5 Å². The van der Waals surface area contributed by atoms with Crippen molar-refractivity contribution in [3.8, 4) is 0 Å². The van der Waals surface area contributed by atoms with E-state index in [9.17, 15) is 4.79 Å². The Morgan fingerprint density at radius 2 is 1.88 bits per heavy atom. The Kier molecular flexibility index (Phi) is 9.04. The number of aliphatic imine (C=N–C) groups is 1. The Morgan fingerprint density at radius 1 is 1.16 bits per heavy atom. The molecule has 1 aliphatic carbocycles. The van der Waals surface area contributed by atoms with Gasteiger partial charge in [0.15, 0.2) is 5.96 Å². The average molecular weight is 354 g/mol. The van der Waals surface area contributed by atoms with Crippen molar-refractivity contribution in [3.05, 3.63) is 0 Å². The lowest BCUT2D eigenvalue weighted by molar-refractivity contribution is -0.120. The van der Waals surface area contributed by atoms with Crippen molar-refractivity contribution in [2.45, 2.75) is 44.6 Å². The van der Waals surface area contributed by atoms with E-state index in [0.717, 1.165) is 44.4 Å². The lowest BCUT2D eigenvalue weighted by Gasteiger charge is -2.34. The quantitative estimate of drug-likeness (QED) is 0.386. The molecule has 2 rings (SSSR count). The summed E-state index contributed by atoms with van der Waals surface area (Å²) in [5, 5.41) is 5.94. The molecule has 0 radical (unpaired) electrons. The Hall–Kier alpha value is -1.34. The van der Waals surface area contributed by atoms with Crippen molar-refractivity contribution >= 4 is 11.9 Å². The van der Waals surface area contributed by atoms with E-state index in [-0.39, 0.29) is 12.5 Å². The van der Waals surface area contributed by atoms with Gasteiger partial charge in [-0.2, -0.15) is 0 Å². The average Bonchev–Trinajstić information content (AvgIpc) is 3.15. The summed E-state index contributed by atoms with van der Waals surface area (Å²) in [6.07, 6.45) is 7.82. The van der Waals surface area contributed by atoms with Gasteiger partial charge in [0.2, 0.25) is 5.91 Å². The SMILES string of the molecule is CN=C(NCC(=O)NCCOC)N1CCC(OCC2CCCC2)CC1. The van der Waals surface area contributed by atoms with Gasteiger partial charge < -0.3 is 25.0 Å². The highest BCUT2D eigenvalue weighted by Crippen LogP contribution is 2.26. The van der Waals surface area contributed by atoms with E-state index in [4.69, 9.17) is 9.47 Å². The van der Waals surface area contributed by atoms with Crippen LogP contribution in [0.3, 0.4) is 0 Å². The number of methoxy groups -OCH3 is 1. The molecule has 1 heterocycles. The minimum Gasteiger partial charge on any atom is -0.383 e. The van der Waals surface area contributed by atoms with Crippen molar-refractivity contribution in [1.29, 1.82) is 0 Å². The van der Waals surface area contributed by atoms with Gasteiger partial charge in [0.1, 0.15) is 0 Å². The molecule has 1 amide bonds. The third kappa shape index (κ3) is 7.20. The third-order valence-electron chi connectivity index (χ3n) is 5.03. The van der Waals surface area contributed by atoms with Gasteiger partial charge in [0.05, 0.1) is 19.3 Å². The number of likely N-dealkylation sites (tertiary alicyclic amines) is 1. The van der Waals surface area contributed by atoms with Crippen LogP contribution in [0.15, 0.2) is 4.99 Å². The van der Waals surface area contributed by atoms with Crippen LogP contribution < -0.4 is 10.6 Å². The number of guanidine groups is 1. The van der Waals surface area contributed by atoms with Crippen molar-refractivity contribution in [3.63, 3.8) is 0 Å². The molecule has 0 aromatic heterocycles. The summed E-state index contributed by atoms with van der Waals surface area (Å²) < 4.78 is 11.0. The predicted octanol–water partition coefficient (Wildman–Crippen LogP) is 0.996. The molecule has 25 heavy (non-hydrogen) atoms. The molecule has 2 N–H and O–H groups in total. The second-order valence-electron chi connectivity index (χ2n) is 6.91. The van der Waals surface area contributed by atoms with Crippen LogP contribution in [0, 0.1) is 5.92 Å². The molecule has 2 aliphatic rings. The fraction of sp³-hybridized carbons (Fsp3) is 0.889. The molecular formula is C18H34N4O3. The van der Waals surface area contributed by atoms with Crippen molar-refractivity contribution < 1.29 is 14.3 Å². The number of nitrogens with one attached hydrogen (secondary N) is 2. The van der Waals surface area contributed by atoms with Gasteiger partial charge in [-0.3, -0.25) is 9.79 Å². The van der Waals surface area contributed by atoms with E-state index in [0.29, 0.717) is 19.3 Å². The summed E-state index contributed by atoms with van der Waals surface area (Å²) in [7, 11) is 3.38. The maximum Gasteiger partial charge on any atom is 0.239 e. The molecule has 1 saturated heterocycles. The number of nitrogens with zero attached hydrogens (tertiary/aromatic N) is 2. The summed E-state index contributed by atoms with van der Waals surface area (Å²) in [5.74, 6) is 1.52. The number of hydrogen-bond donors (Lipinski definition) is 2. The molecule has 0 bridgehead atoms. The standard InChI is InChI=1S/C18H34N4O3/c1-19-18(21-13-17(23)20-9-12-24-2)22-10-7-16(8-11-22)25-14-15-5-3-4-6-15/h15-16H,3-14H2,1-2H3,(H,19,21)(H,20,23). The van der Waals surface area contributed by atoms with Crippen LogP contribution >= 0.6 is 0 Å². The second-order valence-corrected chi connectivity index (χ2v) is 6.91. The Balaban J connectivity index is 1.62. The van der Waals surface area contributed by atoms with Crippen LogP contribution in [0.25, 0.3) is 0 Å². The van der Waals surface area contributed by atoms with Crippen LogP contribution in [0.5, 0.6) is 0 Å². The smallest absolute Gasteiger partial charge is 0.239 e. The molecule has 1 aliphatic heterocycles. The molecule has 0 atom stereocenters. The minimum absolute atomic E-state index is 0.0482. The lowest BCUT2D eigenvalue weighted by atomic mass is 10.1. The minimum atomic E-state index is -0.0482. The number of piperidine rings is 1. The molecular weight excluding hydrogens is 320 g/mol. The summed E-state index contributed by atoms with van der Waals surface area (Å²) in [5.41, 5.74) is 0. The maximum atomic E-state index is 11.8. The van der Waals surface area contributed by atoms with E-state index >= 15 is 0 Å². The zero-order valence-electron chi connectivity index (χ0n) is 15.8. The Labute approximate surface area is 151 Å². The molecule has 7 nitrogen and oxygen atoms in total. The van der Waals surface area contributed by atoms with E-state index < -0.39 is 0 Å². The first-order valence-electron chi connectivity index (χ1n) is 9.55. The largest absolute Gasteiger partial charge is 0.383 e. The van der Waals surface area contributed by atoms with Crippen LogP contribution in [0.4, 0.5) is 0 Å². The zero-order valence-corrected chi connectivity index (χ0v) is 15.8. The number of ether oxygens (including phenoxy) is 2. The first-order valence-corrected chi connectivity index (χ1v) is 9.55. The summed E-state index contributed by atoms with van der Waals surface area (Å²) >= 11 is 0. The maximum absolute atomic E-state index is 11.8. The Bertz CT molecular complexity index is 417. The number of carbonyl (C=O) groups is 1. The summed E-state index contributed by atoms with van der Waals surface area (Å²) in [4.78, 5) is 18.3. The van der Waals surface area contributed by atoms with E-state index in [1.165, 1.54) is 25.7 Å². The first-order chi connectivity index (χ1) is 12.2. The van der Waals surface area contributed by atoms with Crippen LogP contribution in [0.1, 0.15) is 38.5 Å². The topological polar surface area (TPSA) is 75.2 Å². The van der Waals surface area contributed by atoms with Gasteiger partial charge in [-0.25, -0.2) is 0 Å². The molecule has 0 spiro atoms. The highest BCUT2D eigenvalue weighted by atomic mass is 16.5. The summed E-state index contributed by atoms with van der Waals surface area (Å²) in [6.45, 7) is 4.04. The van der Waals surface area contributed by atoms with Gasteiger partial charge >= 0.3 is 0 Å². The number of rotatable bonds is 8. The van der Waals surface area contributed by atoms with Gasteiger partial charge in [-0.05, 0) is 31.6 Å². The highest BCUT2D eigenvalue weighted by molar-refractivity contribution is 5.86. The lowest BCUT2D eigenvalue weighted by Crippen LogP contribution is -2.49. The summed E-state index contributed by atoms with van der Waals surface area (Å²) in [6, 6.07) is 0. The second kappa shape index (κ2) is 11.3. The predicted molar refractivity (Wildman–Crippen MR) is 98.8 cm³/mol. The van der Waals surface area contributed by atoms with Crippen molar-refractivity contribution in [2.24, 2.45) is 10.9 Å².